The normalized spacial score (nSPS) is 11.6. The fourth-order valence-corrected chi connectivity index (χ4v) is 2.17. The summed E-state index contributed by atoms with van der Waals surface area (Å²) in [5.74, 6) is 1.18. The highest BCUT2D eigenvalue weighted by molar-refractivity contribution is 6.30. The zero-order valence-electron chi connectivity index (χ0n) is 12.6. The molecule has 1 heterocycles. The van der Waals surface area contributed by atoms with Gasteiger partial charge in [0.1, 0.15) is 17.3 Å². The van der Waals surface area contributed by atoms with Crippen molar-refractivity contribution >= 4 is 17.4 Å². The fraction of sp³-hybridized carbons (Fsp3) is 0.714. The van der Waals surface area contributed by atoms with Gasteiger partial charge in [-0.15, -0.1) is 0 Å². The van der Waals surface area contributed by atoms with Crippen LogP contribution in [0, 0.1) is 0 Å². The molecule has 1 N–H and O–H groups in total. The highest BCUT2D eigenvalue weighted by atomic mass is 35.5. The first-order valence-corrected chi connectivity index (χ1v) is 7.25. The average Bonchev–Trinajstić information content (AvgIpc) is 2.33. The van der Waals surface area contributed by atoms with Gasteiger partial charge < -0.3 is 10.2 Å². The van der Waals surface area contributed by atoms with Crippen molar-refractivity contribution in [3.05, 3.63) is 17.0 Å². The highest BCUT2D eigenvalue weighted by Gasteiger charge is 2.13. The van der Waals surface area contributed by atoms with E-state index in [0.717, 1.165) is 30.9 Å². The maximum absolute atomic E-state index is 6.13. The number of aromatic nitrogens is 2. The molecular weight excluding hydrogens is 260 g/mol. The number of halogens is 1. The molecule has 0 fully saturated rings. The lowest BCUT2D eigenvalue weighted by Gasteiger charge is -2.21. The summed E-state index contributed by atoms with van der Waals surface area (Å²) in [6, 6.07) is 0.583. The van der Waals surface area contributed by atoms with Crippen LogP contribution in [0.15, 0.2) is 6.33 Å². The quantitative estimate of drug-likeness (QED) is 0.615. The first-order chi connectivity index (χ1) is 8.93. The molecule has 1 aromatic heterocycles. The molecule has 5 heteroatoms. The van der Waals surface area contributed by atoms with Gasteiger partial charge in [-0.2, -0.15) is 0 Å². The Morgan fingerprint density at radius 1 is 1.26 bits per heavy atom. The Morgan fingerprint density at radius 3 is 2.53 bits per heavy atom. The molecule has 19 heavy (non-hydrogen) atoms. The maximum atomic E-state index is 6.13. The summed E-state index contributed by atoms with van der Waals surface area (Å²) in [5.41, 5.74) is 1.00. The lowest BCUT2D eigenvalue weighted by molar-refractivity contribution is 0.273. The maximum Gasteiger partial charge on any atom is 0.138 e. The van der Waals surface area contributed by atoms with E-state index in [4.69, 9.17) is 11.6 Å². The molecule has 108 valence electrons. The van der Waals surface area contributed by atoms with Gasteiger partial charge in [0.15, 0.2) is 0 Å². The summed E-state index contributed by atoms with van der Waals surface area (Å²) in [6.45, 7) is 10.6. The number of anilines is 1. The molecule has 0 spiro atoms. The van der Waals surface area contributed by atoms with Crippen LogP contribution in [0.4, 0.5) is 5.82 Å². The molecule has 1 aromatic rings. The average molecular weight is 285 g/mol. The van der Waals surface area contributed by atoms with Gasteiger partial charge in [-0.3, -0.25) is 0 Å². The van der Waals surface area contributed by atoms with Gasteiger partial charge >= 0.3 is 0 Å². The first kappa shape index (κ1) is 16.2. The predicted molar refractivity (Wildman–Crippen MR) is 82.0 cm³/mol. The van der Waals surface area contributed by atoms with Crippen LogP contribution in [0.2, 0.25) is 5.15 Å². The predicted octanol–water partition coefficient (Wildman–Crippen LogP) is 3.40. The SMILES string of the molecule is CC(C)c1c(Cl)ncnc1NCCCN(C)C(C)C. The molecule has 0 aliphatic carbocycles. The summed E-state index contributed by atoms with van der Waals surface area (Å²) < 4.78 is 0. The third-order valence-corrected chi connectivity index (χ3v) is 3.58. The molecule has 0 bridgehead atoms. The largest absolute Gasteiger partial charge is 0.370 e. The Kier molecular flexibility index (Phi) is 6.52. The van der Waals surface area contributed by atoms with Crippen molar-refractivity contribution in [2.75, 3.05) is 25.5 Å². The molecule has 0 amide bonds. The van der Waals surface area contributed by atoms with E-state index in [2.05, 4.69) is 54.9 Å². The number of nitrogens with one attached hydrogen (secondary N) is 1. The zero-order chi connectivity index (χ0) is 14.4. The molecule has 0 atom stereocenters. The second kappa shape index (κ2) is 7.65. The van der Waals surface area contributed by atoms with Crippen molar-refractivity contribution in [1.29, 1.82) is 0 Å². The van der Waals surface area contributed by atoms with Crippen LogP contribution in [0.5, 0.6) is 0 Å². The third-order valence-electron chi connectivity index (χ3n) is 3.27. The Hall–Kier alpha value is -0.870. The number of nitrogens with zero attached hydrogens (tertiary/aromatic N) is 3. The van der Waals surface area contributed by atoms with Crippen LogP contribution >= 0.6 is 11.6 Å². The molecule has 0 radical (unpaired) electrons. The highest BCUT2D eigenvalue weighted by Crippen LogP contribution is 2.27. The van der Waals surface area contributed by atoms with Crippen LogP contribution in [0.3, 0.4) is 0 Å². The van der Waals surface area contributed by atoms with Crippen LogP contribution in [0.25, 0.3) is 0 Å². The minimum atomic E-state index is 0.314. The Labute approximate surface area is 121 Å². The third kappa shape index (κ3) is 4.96. The molecule has 4 nitrogen and oxygen atoms in total. The Morgan fingerprint density at radius 2 is 1.95 bits per heavy atom. The van der Waals surface area contributed by atoms with Crippen molar-refractivity contribution in [2.24, 2.45) is 0 Å². The Balaban J connectivity index is 2.52. The Bertz CT molecular complexity index is 393. The number of hydrogen-bond acceptors (Lipinski definition) is 4. The molecule has 0 saturated carbocycles. The van der Waals surface area contributed by atoms with E-state index < -0.39 is 0 Å². The van der Waals surface area contributed by atoms with E-state index in [1.807, 2.05) is 0 Å². The van der Waals surface area contributed by atoms with Gasteiger partial charge in [0, 0.05) is 18.2 Å². The van der Waals surface area contributed by atoms with Gasteiger partial charge in [0.05, 0.1) is 0 Å². The van der Waals surface area contributed by atoms with E-state index >= 15 is 0 Å². The molecule has 1 rings (SSSR count). The van der Waals surface area contributed by atoms with Crippen LogP contribution in [0.1, 0.15) is 45.6 Å². The van der Waals surface area contributed by atoms with Gasteiger partial charge in [0.25, 0.3) is 0 Å². The molecule has 0 unspecified atom stereocenters. The summed E-state index contributed by atoms with van der Waals surface area (Å²) >= 11 is 6.13. The van der Waals surface area contributed by atoms with Crippen LogP contribution in [-0.2, 0) is 0 Å². The molecule has 0 aromatic carbocycles. The minimum Gasteiger partial charge on any atom is -0.370 e. The lowest BCUT2D eigenvalue weighted by atomic mass is 10.1. The summed E-state index contributed by atoms with van der Waals surface area (Å²) in [5, 5.41) is 3.92. The molecule has 0 saturated heterocycles. The van der Waals surface area contributed by atoms with Crippen molar-refractivity contribution in [2.45, 2.75) is 46.1 Å². The van der Waals surface area contributed by atoms with E-state index in [-0.39, 0.29) is 0 Å². The van der Waals surface area contributed by atoms with E-state index in [0.29, 0.717) is 17.1 Å². The smallest absolute Gasteiger partial charge is 0.138 e. The van der Waals surface area contributed by atoms with Crippen molar-refractivity contribution in [3.63, 3.8) is 0 Å². The summed E-state index contributed by atoms with van der Waals surface area (Å²) in [4.78, 5) is 10.7. The lowest BCUT2D eigenvalue weighted by Crippen LogP contribution is -2.28. The summed E-state index contributed by atoms with van der Waals surface area (Å²) in [7, 11) is 2.14. The van der Waals surface area contributed by atoms with Crippen LogP contribution < -0.4 is 5.32 Å². The number of hydrogen-bond donors (Lipinski definition) is 1. The van der Waals surface area contributed by atoms with Gasteiger partial charge in [0.2, 0.25) is 0 Å². The second-order valence-electron chi connectivity index (χ2n) is 5.44. The van der Waals surface area contributed by atoms with Gasteiger partial charge in [-0.25, -0.2) is 9.97 Å². The monoisotopic (exact) mass is 284 g/mol. The standard InChI is InChI=1S/C14H25ClN4/c1-10(2)12-13(15)17-9-18-14(12)16-7-6-8-19(5)11(3)4/h9-11H,6-8H2,1-5H3,(H,16,17,18). The van der Waals surface area contributed by atoms with E-state index in [1.165, 1.54) is 6.33 Å². The molecular formula is C14H25ClN4. The van der Waals surface area contributed by atoms with Crippen LogP contribution in [-0.4, -0.2) is 41.0 Å². The summed E-state index contributed by atoms with van der Waals surface area (Å²) in [6.07, 6.45) is 2.59. The first-order valence-electron chi connectivity index (χ1n) is 6.88. The van der Waals surface area contributed by atoms with Crippen molar-refractivity contribution in [3.8, 4) is 0 Å². The molecule has 0 aliphatic rings. The van der Waals surface area contributed by atoms with Gasteiger partial charge in [-0.1, -0.05) is 25.4 Å². The topological polar surface area (TPSA) is 41.1 Å². The van der Waals surface area contributed by atoms with E-state index in [1.54, 1.807) is 0 Å². The van der Waals surface area contributed by atoms with Gasteiger partial charge in [-0.05, 0) is 39.8 Å². The van der Waals surface area contributed by atoms with Crippen molar-refractivity contribution < 1.29 is 0 Å². The van der Waals surface area contributed by atoms with Crippen molar-refractivity contribution in [1.82, 2.24) is 14.9 Å². The second-order valence-corrected chi connectivity index (χ2v) is 5.79. The number of rotatable bonds is 7. The zero-order valence-corrected chi connectivity index (χ0v) is 13.3. The fourth-order valence-electron chi connectivity index (χ4n) is 1.82. The van der Waals surface area contributed by atoms with E-state index in [9.17, 15) is 0 Å². The molecule has 0 aliphatic heterocycles. The minimum absolute atomic E-state index is 0.314.